The Morgan fingerprint density at radius 3 is 2.06 bits per heavy atom. The number of hydrogen-bond donors (Lipinski definition) is 0. The number of carbonyl (C=O) groups excluding carboxylic acids is 3. The second-order valence-electron chi connectivity index (χ2n) is 8.02. The van der Waals surface area contributed by atoms with Crippen molar-refractivity contribution in [2.45, 2.75) is 39.8 Å². The summed E-state index contributed by atoms with van der Waals surface area (Å²) in [4.78, 5) is 48.9. The highest BCUT2D eigenvalue weighted by atomic mass is 16.5. The first-order chi connectivity index (χ1) is 14.9. The van der Waals surface area contributed by atoms with Crippen molar-refractivity contribution < 1.29 is 19.1 Å². The van der Waals surface area contributed by atoms with E-state index >= 15 is 0 Å². The van der Waals surface area contributed by atoms with Gasteiger partial charge in [-0.25, -0.2) is 14.8 Å². The number of aromatic nitrogens is 2. The van der Waals surface area contributed by atoms with Gasteiger partial charge in [-0.05, 0) is 43.5 Å². The van der Waals surface area contributed by atoms with Crippen LogP contribution in [0.2, 0.25) is 0 Å². The van der Waals surface area contributed by atoms with Gasteiger partial charge in [-0.3, -0.25) is 14.5 Å². The zero-order valence-corrected chi connectivity index (χ0v) is 17.7. The molecule has 1 atom stereocenters. The lowest BCUT2D eigenvalue weighted by Crippen LogP contribution is -2.46. The lowest BCUT2D eigenvalue weighted by Gasteiger charge is -2.26. The molecule has 1 unspecified atom stereocenters. The minimum absolute atomic E-state index is 0.0732. The Labute approximate surface area is 180 Å². The van der Waals surface area contributed by atoms with E-state index in [2.05, 4.69) is 9.97 Å². The Morgan fingerprint density at radius 2 is 1.48 bits per heavy atom. The number of ether oxygens (including phenoxy) is 1. The van der Waals surface area contributed by atoms with E-state index in [0.29, 0.717) is 34.5 Å². The summed E-state index contributed by atoms with van der Waals surface area (Å²) in [6.45, 7) is 5.58. The molecule has 0 bridgehead atoms. The van der Waals surface area contributed by atoms with Crippen LogP contribution in [-0.2, 0) is 16.1 Å². The molecule has 2 heterocycles. The van der Waals surface area contributed by atoms with Crippen LogP contribution in [0.15, 0.2) is 48.5 Å². The molecule has 7 nitrogen and oxygen atoms in total. The molecule has 1 aliphatic heterocycles. The van der Waals surface area contributed by atoms with Crippen LogP contribution in [0.5, 0.6) is 0 Å². The Morgan fingerprint density at radius 1 is 0.935 bits per heavy atom. The highest BCUT2D eigenvalue weighted by Crippen LogP contribution is 2.27. The maximum absolute atomic E-state index is 13.0. The Kier molecular flexibility index (Phi) is 5.50. The van der Waals surface area contributed by atoms with Gasteiger partial charge in [-0.15, -0.1) is 0 Å². The molecular weight excluding hydrogens is 394 g/mol. The fourth-order valence-electron chi connectivity index (χ4n) is 3.74. The molecule has 0 radical (unpaired) electrons. The van der Waals surface area contributed by atoms with Crippen LogP contribution >= 0.6 is 0 Å². The van der Waals surface area contributed by atoms with Crippen molar-refractivity contribution >= 4 is 28.8 Å². The summed E-state index contributed by atoms with van der Waals surface area (Å²) in [5.41, 5.74) is 3.29. The van der Waals surface area contributed by atoms with E-state index in [1.54, 1.807) is 31.2 Å². The molecule has 4 rings (SSSR count). The van der Waals surface area contributed by atoms with Crippen LogP contribution in [0.1, 0.15) is 52.4 Å². The van der Waals surface area contributed by atoms with E-state index in [-0.39, 0.29) is 12.5 Å². The molecule has 0 saturated carbocycles. The number of benzene rings is 2. The number of aryl methyl sites for hydroxylation is 1. The molecule has 0 fully saturated rings. The number of esters is 1. The first-order valence-corrected chi connectivity index (χ1v) is 10.2. The van der Waals surface area contributed by atoms with Gasteiger partial charge in [0.05, 0.1) is 33.5 Å². The fourth-order valence-corrected chi connectivity index (χ4v) is 3.74. The number of rotatable bonds is 6. The molecule has 0 spiro atoms. The van der Waals surface area contributed by atoms with Crippen molar-refractivity contribution in [2.75, 3.05) is 0 Å². The first kappa shape index (κ1) is 20.7. The third kappa shape index (κ3) is 3.91. The topological polar surface area (TPSA) is 89.5 Å². The quantitative estimate of drug-likeness (QED) is 0.449. The maximum Gasteiger partial charge on any atom is 0.329 e. The lowest BCUT2D eigenvalue weighted by molar-refractivity contribution is -0.150. The second kappa shape index (κ2) is 8.26. The largest absolute Gasteiger partial charge is 0.458 e. The zero-order valence-electron chi connectivity index (χ0n) is 17.7. The molecule has 0 saturated heterocycles. The van der Waals surface area contributed by atoms with Crippen LogP contribution in [0, 0.1) is 12.8 Å². The number of imide groups is 1. The predicted molar refractivity (Wildman–Crippen MR) is 114 cm³/mol. The van der Waals surface area contributed by atoms with Crippen LogP contribution in [0.4, 0.5) is 0 Å². The average Bonchev–Trinajstić information content (AvgIpc) is 3.00. The summed E-state index contributed by atoms with van der Waals surface area (Å²) in [5.74, 6) is -1.49. The first-order valence-electron chi connectivity index (χ1n) is 10.2. The van der Waals surface area contributed by atoms with Crippen molar-refractivity contribution in [1.29, 1.82) is 0 Å². The molecular formula is C24H23N3O4. The van der Waals surface area contributed by atoms with Gasteiger partial charge < -0.3 is 4.74 Å². The second-order valence-corrected chi connectivity index (χ2v) is 8.02. The van der Waals surface area contributed by atoms with E-state index in [9.17, 15) is 14.4 Å². The summed E-state index contributed by atoms with van der Waals surface area (Å²) < 4.78 is 5.54. The predicted octanol–water partition coefficient (Wildman–Crippen LogP) is 3.69. The van der Waals surface area contributed by atoms with E-state index < -0.39 is 23.8 Å². The summed E-state index contributed by atoms with van der Waals surface area (Å²) >= 11 is 0. The molecule has 1 aromatic heterocycles. The number of hydrogen-bond acceptors (Lipinski definition) is 6. The summed E-state index contributed by atoms with van der Waals surface area (Å²) in [6.07, 6.45) is 0.312. The number of para-hydroxylation sites is 2. The molecule has 3 aromatic rings. The minimum atomic E-state index is -0.999. The summed E-state index contributed by atoms with van der Waals surface area (Å²) in [7, 11) is 0. The fraction of sp³-hybridized carbons (Fsp3) is 0.292. The molecule has 31 heavy (non-hydrogen) atoms. The molecule has 1 aliphatic rings. The smallest absolute Gasteiger partial charge is 0.329 e. The van der Waals surface area contributed by atoms with Gasteiger partial charge in [0.15, 0.2) is 0 Å². The minimum Gasteiger partial charge on any atom is -0.458 e. The molecule has 2 amide bonds. The van der Waals surface area contributed by atoms with Crippen LogP contribution in [-0.4, -0.2) is 38.7 Å². The normalized spacial score (nSPS) is 14.3. The van der Waals surface area contributed by atoms with Gasteiger partial charge in [0, 0.05) is 0 Å². The Balaban J connectivity index is 1.57. The SMILES string of the molecule is Cc1nc2ccccc2nc1COC(=O)C(CC(C)C)N1C(=O)c2ccccc2C1=O. The van der Waals surface area contributed by atoms with Gasteiger partial charge >= 0.3 is 5.97 Å². The number of fused-ring (bicyclic) bond motifs is 2. The van der Waals surface area contributed by atoms with Gasteiger partial charge in [0.2, 0.25) is 0 Å². The Hall–Kier alpha value is -3.61. The van der Waals surface area contributed by atoms with Crippen LogP contribution < -0.4 is 0 Å². The standard InChI is InChI=1S/C24H23N3O4/c1-14(2)12-21(27-22(28)16-8-4-5-9-17(16)23(27)29)24(30)31-13-20-15(3)25-18-10-6-7-11-19(18)26-20/h4-11,14,21H,12-13H2,1-3H3. The van der Waals surface area contributed by atoms with Crippen LogP contribution in [0.25, 0.3) is 11.0 Å². The van der Waals surface area contributed by atoms with Gasteiger partial charge in [-0.1, -0.05) is 38.1 Å². The van der Waals surface area contributed by atoms with Crippen molar-refractivity contribution in [3.05, 3.63) is 71.0 Å². The summed E-state index contributed by atoms with van der Waals surface area (Å²) in [5, 5.41) is 0. The molecule has 2 aromatic carbocycles. The number of amides is 2. The molecule has 0 aliphatic carbocycles. The van der Waals surface area contributed by atoms with Gasteiger partial charge in [0.1, 0.15) is 12.6 Å². The molecule has 0 N–H and O–H groups in total. The van der Waals surface area contributed by atoms with Crippen LogP contribution in [0.3, 0.4) is 0 Å². The molecule has 158 valence electrons. The zero-order chi connectivity index (χ0) is 22.1. The third-order valence-electron chi connectivity index (χ3n) is 5.30. The highest BCUT2D eigenvalue weighted by Gasteiger charge is 2.43. The highest BCUT2D eigenvalue weighted by molar-refractivity contribution is 6.22. The van der Waals surface area contributed by atoms with Crippen molar-refractivity contribution in [1.82, 2.24) is 14.9 Å². The monoisotopic (exact) mass is 417 g/mol. The number of nitrogens with zero attached hydrogens (tertiary/aromatic N) is 3. The van der Waals surface area contributed by atoms with Crippen molar-refractivity contribution in [2.24, 2.45) is 5.92 Å². The Bertz CT molecular complexity index is 1150. The average molecular weight is 417 g/mol. The van der Waals surface area contributed by atoms with E-state index in [0.717, 1.165) is 10.4 Å². The lowest BCUT2D eigenvalue weighted by atomic mass is 10.0. The van der Waals surface area contributed by atoms with Gasteiger partial charge in [-0.2, -0.15) is 0 Å². The van der Waals surface area contributed by atoms with E-state index in [4.69, 9.17) is 4.74 Å². The number of carbonyl (C=O) groups is 3. The maximum atomic E-state index is 13.0. The van der Waals surface area contributed by atoms with E-state index in [1.165, 1.54) is 0 Å². The van der Waals surface area contributed by atoms with E-state index in [1.807, 2.05) is 38.1 Å². The third-order valence-corrected chi connectivity index (χ3v) is 5.30. The van der Waals surface area contributed by atoms with Crippen molar-refractivity contribution in [3.8, 4) is 0 Å². The van der Waals surface area contributed by atoms with Gasteiger partial charge in [0.25, 0.3) is 11.8 Å². The van der Waals surface area contributed by atoms with Crippen molar-refractivity contribution in [3.63, 3.8) is 0 Å². The summed E-state index contributed by atoms with van der Waals surface area (Å²) in [6, 6.07) is 13.1. The molecule has 7 heteroatoms.